The quantitative estimate of drug-likeness (QED) is 0.622. The van der Waals surface area contributed by atoms with E-state index in [1.807, 2.05) is 6.07 Å². The molecule has 0 bridgehead atoms. The monoisotopic (exact) mass is 152 g/mol. The summed E-state index contributed by atoms with van der Waals surface area (Å²) in [7, 11) is 0. The highest BCUT2D eigenvalue weighted by atomic mass is 16.3. The molecule has 0 aromatic carbocycles. The van der Waals surface area contributed by atoms with Crippen molar-refractivity contribution >= 4 is 6.29 Å². The van der Waals surface area contributed by atoms with Crippen molar-refractivity contribution in [2.45, 2.75) is 20.3 Å². The number of carbonyl (C=O) groups is 1. The molecule has 0 radical (unpaired) electrons. The van der Waals surface area contributed by atoms with Gasteiger partial charge in [-0.05, 0) is 18.4 Å². The fraction of sp³-hybridized carbons (Fsp3) is 0.444. The molecule has 11 heavy (non-hydrogen) atoms. The van der Waals surface area contributed by atoms with E-state index >= 15 is 0 Å². The normalized spacial score (nSPS) is 10.5. The number of furan rings is 1. The number of rotatable bonds is 3. The van der Waals surface area contributed by atoms with Gasteiger partial charge in [-0.25, -0.2) is 0 Å². The smallest absolute Gasteiger partial charge is 0.185 e. The van der Waals surface area contributed by atoms with Crippen molar-refractivity contribution in [1.29, 1.82) is 0 Å². The molecular formula is C9H12O2. The van der Waals surface area contributed by atoms with Gasteiger partial charge >= 0.3 is 0 Å². The van der Waals surface area contributed by atoms with Gasteiger partial charge in [0, 0.05) is 5.56 Å². The fourth-order valence-corrected chi connectivity index (χ4v) is 1.06. The predicted octanol–water partition coefficient (Wildman–Crippen LogP) is 2.29. The van der Waals surface area contributed by atoms with Crippen LogP contribution in [0.1, 0.15) is 30.0 Å². The van der Waals surface area contributed by atoms with E-state index in [4.69, 9.17) is 4.42 Å². The highest BCUT2D eigenvalue weighted by molar-refractivity contribution is 5.72. The second-order valence-electron chi connectivity index (χ2n) is 3.03. The first-order valence-electron chi connectivity index (χ1n) is 3.75. The molecule has 0 saturated carbocycles. The Labute approximate surface area is 66.2 Å². The third kappa shape index (κ3) is 1.93. The van der Waals surface area contributed by atoms with Crippen LogP contribution in [0.15, 0.2) is 16.7 Å². The Morgan fingerprint density at radius 1 is 1.64 bits per heavy atom. The average Bonchev–Trinajstić information content (AvgIpc) is 2.34. The van der Waals surface area contributed by atoms with E-state index in [1.54, 1.807) is 6.26 Å². The number of hydrogen-bond acceptors (Lipinski definition) is 2. The van der Waals surface area contributed by atoms with E-state index in [-0.39, 0.29) is 0 Å². The zero-order chi connectivity index (χ0) is 8.27. The third-order valence-corrected chi connectivity index (χ3v) is 1.52. The molecule has 1 aromatic heterocycles. The molecule has 1 heterocycles. The standard InChI is InChI=1S/C9H12O2/c1-7(2)5-8-3-4-11-9(8)6-10/h3-4,6-7H,5H2,1-2H3. The summed E-state index contributed by atoms with van der Waals surface area (Å²) in [5.74, 6) is 1.03. The first kappa shape index (κ1) is 8.05. The lowest BCUT2D eigenvalue weighted by Crippen LogP contribution is -1.94. The maximum Gasteiger partial charge on any atom is 0.185 e. The van der Waals surface area contributed by atoms with Crippen LogP contribution in [0.3, 0.4) is 0 Å². The molecule has 2 nitrogen and oxygen atoms in total. The predicted molar refractivity (Wildman–Crippen MR) is 42.6 cm³/mol. The summed E-state index contributed by atoms with van der Waals surface area (Å²) in [6.07, 6.45) is 3.23. The van der Waals surface area contributed by atoms with Gasteiger partial charge in [-0.2, -0.15) is 0 Å². The van der Waals surface area contributed by atoms with Gasteiger partial charge in [-0.3, -0.25) is 4.79 Å². The van der Waals surface area contributed by atoms with E-state index in [0.29, 0.717) is 11.7 Å². The first-order chi connectivity index (χ1) is 5.24. The third-order valence-electron chi connectivity index (χ3n) is 1.52. The zero-order valence-corrected chi connectivity index (χ0v) is 6.83. The van der Waals surface area contributed by atoms with E-state index in [2.05, 4.69) is 13.8 Å². The molecule has 0 atom stereocenters. The molecule has 0 fully saturated rings. The van der Waals surface area contributed by atoms with Gasteiger partial charge in [0.15, 0.2) is 12.0 Å². The van der Waals surface area contributed by atoms with E-state index in [0.717, 1.165) is 18.3 Å². The van der Waals surface area contributed by atoms with Crippen LogP contribution in [0.2, 0.25) is 0 Å². The Morgan fingerprint density at radius 2 is 2.36 bits per heavy atom. The number of hydrogen-bond donors (Lipinski definition) is 0. The van der Waals surface area contributed by atoms with Crippen molar-refractivity contribution in [3.8, 4) is 0 Å². The van der Waals surface area contributed by atoms with Crippen LogP contribution in [0, 0.1) is 5.92 Å². The summed E-state index contributed by atoms with van der Waals surface area (Å²) in [4.78, 5) is 10.4. The second kappa shape index (κ2) is 3.37. The highest BCUT2D eigenvalue weighted by Gasteiger charge is 2.05. The maximum atomic E-state index is 10.4. The lowest BCUT2D eigenvalue weighted by Gasteiger charge is -2.00. The molecule has 2 heteroatoms. The average molecular weight is 152 g/mol. The van der Waals surface area contributed by atoms with Gasteiger partial charge in [0.05, 0.1) is 6.26 Å². The minimum atomic E-state index is 0.471. The van der Waals surface area contributed by atoms with Crippen molar-refractivity contribution in [2.75, 3.05) is 0 Å². The van der Waals surface area contributed by atoms with Gasteiger partial charge < -0.3 is 4.42 Å². The van der Waals surface area contributed by atoms with Crippen molar-refractivity contribution in [1.82, 2.24) is 0 Å². The fourth-order valence-electron chi connectivity index (χ4n) is 1.06. The van der Waals surface area contributed by atoms with Crippen LogP contribution in [-0.2, 0) is 6.42 Å². The molecule has 0 N–H and O–H groups in total. The summed E-state index contributed by atoms with van der Waals surface area (Å²) in [6, 6.07) is 1.85. The topological polar surface area (TPSA) is 30.2 Å². The van der Waals surface area contributed by atoms with Crippen LogP contribution < -0.4 is 0 Å². The van der Waals surface area contributed by atoms with Gasteiger partial charge in [-0.1, -0.05) is 13.8 Å². The summed E-state index contributed by atoms with van der Waals surface area (Å²) in [6.45, 7) is 4.23. The Morgan fingerprint density at radius 3 is 2.91 bits per heavy atom. The summed E-state index contributed by atoms with van der Waals surface area (Å²) in [5, 5.41) is 0. The van der Waals surface area contributed by atoms with Gasteiger partial charge in [0.1, 0.15) is 0 Å². The van der Waals surface area contributed by atoms with Crippen molar-refractivity contribution in [3.05, 3.63) is 23.7 Å². The van der Waals surface area contributed by atoms with Crippen molar-refractivity contribution in [2.24, 2.45) is 5.92 Å². The lowest BCUT2D eigenvalue weighted by molar-refractivity contribution is 0.109. The number of aldehydes is 1. The Hall–Kier alpha value is -1.05. The molecule has 1 rings (SSSR count). The molecule has 0 amide bonds. The highest BCUT2D eigenvalue weighted by Crippen LogP contribution is 2.12. The minimum Gasteiger partial charge on any atom is -0.461 e. The summed E-state index contributed by atoms with van der Waals surface area (Å²) in [5.41, 5.74) is 1.01. The van der Waals surface area contributed by atoms with Crippen LogP contribution in [-0.4, -0.2) is 6.29 Å². The molecule has 0 aliphatic heterocycles. The number of carbonyl (C=O) groups excluding carboxylic acids is 1. The molecule has 0 saturated heterocycles. The van der Waals surface area contributed by atoms with E-state index in [1.165, 1.54) is 0 Å². The molecule has 0 spiro atoms. The second-order valence-corrected chi connectivity index (χ2v) is 3.03. The SMILES string of the molecule is CC(C)Cc1ccoc1C=O. The minimum absolute atomic E-state index is 0.471. The van der Waals surface area contributed by atoms with Crippen LogP contribution in [0.4, 0.5) is 0 Å². The largest absolute Gasteiger partial charge is 0.461 e. The van der Waals surface area contributed by atoms with Crippen LogP contribution >= 0.6 is 0 Å². The zero-order valence-electron chi connectivity index (χ0n) is 6.83. The van der Waals surface area contributed by atoms with Crippen LogP contribution in [0.5, 0.6) is 0 Å². The molecule has 1 aromatic rings. The van der Waals surface area contributed by atoms with Crippen molar-refractivity contribution < 1.29 is 9.21 Å². The van der Waals surface area contributed by atoms with Gasteiger partial charge in [0.2, 0.25) is 0 Å². The Bertz CT molecular complexity index is 235. The van der Waals surface area contributed by atoms with Gasteiger partial charge in [-0.15, -0.1) is 0 Å². The molecule has 60 valence electrons. The van der Waals surface area contributed by atoms with Crippen molar-refractivity contribution in [3.63, 3.8) is 0 Å². The lowest BCUT2D eigenvalue weighted by atomic mass is 10.0. The Balaban J connectivity index is 2.76. The molecular weight excluding hydrogens is 140 g/mol. The van der Waals surface area contributed by atoms with E-state index in [9.17, 15) is 4.79 Å². The summed E-state index contributed by atoms with van der Waals surface area (Å²) < 4.78 is 4.95. The first-order valence-corrected chi connectivity index (χ1v) is 3.75. The Kier molecular flexibility index (Phi) is 2.47. The van der Waals surface area contributed by atoms with E-state index < -0.39 is 0 Å². The molecule has 0 aliphatic carbocycles. The molecule has 0 unspecified atom stereocenters. The van der Waals surface area contributed by atoms with Gasteiger partial charge in [0.25, 0.3) is 0 Å². The van der Waals surface area contributed by atoms with Crippen LogP contribution in [0.25, 0.3) is 0 Å². The molecule has 0 aliphatic rings. The summed E-state index contributed by atoms with van der Waals surface area (Å²) >= 11 is 0. The maximum absolute atomic E-state index is 10.4.